The Kier molecular flexibility index (Phi) is 6.68. The van der Waals surface area contributed by atoms with E-state index in [1.165, 1.54) is 0 Å². The fourth-order valence-electron chi connectivity index (χ4n) is 3.74. The first-order valence-electron chi connectivity index (χ1n) is 9.76. The highest BCUT2D eigenvalue weighted by molar-refractivity contribution is 5.95. The van der Waals surface area contributed by atoms with Crippen molar-refractivity contribution in [3.05, 3.63) is 47.2 Å². The molecule has 1 aliphatic carbocycles. The van der Waals surface area contributed by atoms with Gasteiger partial charge in [0.15, 0.2) is 0 Å². The summed E-state index contributed by atoms with van der Waals surface area (Å²) in [5, 5.41) is 5.36. The average Bonchev–Trinajstić information content (AvgIpc) is 3.19. The summed E-state index contributed by atoms with van der Waals surface area (Å²) in [7, 11) is 0. The van der Waals surface area contributed by atoms with Gasteiger partial charge in [-0.15, -0.1) is 0 Å². The molecule has 28 heavy (non-hydrogen) atoms. The number of ether oxygens (including phenoxy) is 2. The standard InChI is InChI=1S/C21H26N2O5/c1-2-27-20(25)18-16(13-28-17(24)12-14-8-6-7-9-14)22-21(26)23-19(18)15-10-4-3-5-11-15/h3-5,10-11,14,19H,2,6-9,12-13H2,1H3,(H2,22,23,26)/t19-/m1/s1. The molecule has 0 unspecified atom stereocenters. The molecule has 0 saturated heterocycles. The fraction of sp³-hybridized carbons (Fsp3) is 0.476. The smallest absolute Gasteiger partial charge is 0.338 e. The molecule has 0 bridgehead atoms. The molecule has 1 aliphatic heterocycles. The van der Waals surface area contributed by atoms with Crippen LogP contribution in [0.25, 0.3) is 0 Å². The second-order valence-corrected chi connectivity index (χ2v) is 7.07. The molecule has 2 aliphatic rings. The summed E-state index contributed by atoms with van der Waals surface area (Å²) in [6.07, 6.45) is 4.76. The number of amides is 2. The quantitative estimate of drug-likeness (QED) is 0.703. The maximum absolute atomic E-state index is 12.6. The van der Waals surface area contributed by atoms with Crippen molar-refractivity contribution in [2.45, 2.75) is 45.1 Å². The molecule has 1 saturated carbocycles. The number of nitrogens with one attached hydrogen (secondary N) is 2. The van der Waals surface area contributed by atoms with Crippen molar-refractivity contribution in [2.24, 2.45) is 5.92 Å². The fourth-order valence-corrected chi connectivity index (χ4v) is 3.74. The molecular formula is C21H26N2O5. The van der Waals surface area contributed by atoms with E-state index in [-0.39, 0.29) is 30.5 Å². The zero-order valence-electron chi connectivity index (χ0n) is 16.0. The molecule has 2 N–H and O–H groups in total. The summed E-state index contributed by atoms with van der Waals surface area (Å²) in [6.45, 7) is 1.75. The van der Waals surface area contributed by atoms with Crippen LogP contribution in [0.3, 0.4) is 0 Å². The lowest BCUT2D eigenvalue weighted by Gasteiger charge is -2.29. The van der Waals surface area contributed by atoms with E-state index in [9.17, 15) is 14.4 Å². The van der Waals surface area contributed by atoms with E-state index in [0.717, 1.165) is 31.2 Å². The van der Waals surface area contributed by atoms with E-state index >= 15 is 0 Å². The third kappa shape index (κ3) is 4.91. The van der Waals surface area contributed by atoms with E-state index in [1.54, 1.807) is 6.92 Å². The molecule has 150 valence electrons. The van der Waals surface area contributed by atoms with Gasteiger partial charge in [-0.3, -0.25) is 4.79 Å². The van der Waals surface area contributed by atoms with Gasteiger partial charge in [-0.05, 0) is 31.2 Å². The Morgan fingerprint density at radius 2 is 1.82 bits per heavy atom. The molecule has 2 amide bonds. The van der Waals surface area contributed by atoms with E-state index in [4.69, 9.17) is 9.47 Å². The summed E-state index contributed by atoms with van der Waals surface area (Å²) in [5.41, 5.74) is 1.26. The molecule has 1 aromatic rings. The van der Waals surface area contributed by atoms with Gasteiger partial charge in [-0.2, -0.15) is 0 Å². The number of benzene rings is 1. The topological polar surface area (TPSA) is 93.7 Å². The Hall–Kier alpha value is -2.83. The van der Waals surface area contributed by atoms with Gasteiger partial charge in [0, 0.05) is 6.42 Å². The van der Waals surface area contributed by atoms with Crippen LogP contribution in [-0.4, -0.2) is 31.2 Å². The third-order valence-electron chi connectivity index (χ3n) is 5.09. The number of hydrogen-bond acceptors (Lipinski definition) is 5. The van der Waals surface area contributed by atoms with Crippen molar-refractivity contribution in [1.29, 1.82) is 0 Å². The van der Waals surface area contributed by atoms with Gasteiger partial charge in [0.05, 0.1) is 23.9 Å². The molecule has 0 aromatic heterocycles. The van der Waals surface area contributed by atoms with Crippen LogP contribution in [0.2, 0.25) is 0 Å². The Labute approximate surface area is 164 Å². The first-order valence-corrected chi connectivity index (χ1v) is 9.76. The number of rotatable bonds is 7. The highest BCUT2D eigenvalue weighted by Gasteiger charge is 2.34. The van der Waals surface area contributed by atoms with Crippen molar-refractivity contribution >= 4 is 18.0 Å². The molecule has 7 nitrogen and oxygen atoms in total. The molecule has 1 fully saturated rings. The van der Waals surface area contributed by atoms with Crippen molar-refractivity contribution in [1.82, 2.24) is 10.6 Å². The van der Waals surface area contributed by atoms with Gasteiger partial charge in [0.2, 0.25) is 0 Å². The van der Waals surface area contributed by atoms with Gasteiger partial charge in [-0.25, -0.2) is 9.59 Å². The minimum Gasteiger partial charge on any atom is -0.463 e. The summed E-state index contributed by atoms with van der Waals surface area (Å²) in [4.78, 5) is 37.0. The minimum atomic E-state index is -0.669. The molecule has 7 heteroatoms. The maximum atomic E-state index is 12.6. The van der Waals surface area contributed by atoms with Crippen LogP contribution in [0.15, 0.2) is 41.6 Å². The number of hydrogen-bond donors (Lipinski definition) is 2. The Morgan fingerprint density at radius 1 is 1.11 bits per heavy atom. The molecule has 0 spiro atoms. The molecule has 0 radical (unpaired) electrons. The van der Waals surface area contributed by atoms with Crippen molar-refractivity contribution in [3.8, 4) is 0 Å². The summed E-state index contributed by atoms with van der Waals surface area (Å²) < 4.78 is 10.6. The number of esters is 2. The van der Waals surface area contributed by atoms with Gasteiger partial charge in [0.25, 0.3) is 0 Å². The molecule has 1 aromatic carbocycles. The van der Waals surface area contributed by atoms with Crippen LogP contribution in [0.4, 0.5) is 4.79 Å². The van der Waals surface area contributed by atoms with Crippen LogP contribution in [0, 0.1) is 5.92 Å². The van der Waals surface area contributed by atoms with E-state index in [0.29, 0.717) is 12.3 Å². The number of carbonyl (C=O) groups is 3. The summed E-state index contributed by atoms with van der Waals surface area (Å²) in [6, 6.07) is 8.02. The number of carbonyl (C=O) groups excluding carboxylic acids is 3. The van der Waals surface area contributed by atoms with Crippen molar-refractivity contribution in [2.75, 3.05) is 13.2 Å². The predicted octanol–water partition coefficient (Wildman–Crippen LogP) is 2.98. The monoisotopic (exact) mass is 386 g/mol. The first-order chi connectivity index (χ1) is 13.6. The Bertz CT molecular complexity index is 753. The van der Waals surface area contributed by atoms with E-state index < -0.39 is 18.0 Å². The lowest BCUT2D eigenvalue weighted by molar-refractivity contribution is -0.144. The second-order valence-electron chi connectivity index (χ2n) is 7.07. The number of urea groups is 1. The summed E-state index contributed by atoms with van der Waals surface area (Å²) in [5.74, 6) is -0.497. The SMILES string of the molecule is CCOC(=O)C1=C(COC(=O)CC2CCCC2)NC(=O)N[C@@H]1c1ccccc1. The predicted molar refractivity (Wildman–Crippen MR) is 102 cm³/mol. The van der Waals surface area contributed by atoms with Crippen LogP contribution >= 0.6 is 0 Å². The minimum absolute atomic E-state index is 0.170. The first kappa shape index (κ1) is 19.9. The Balaban J connectivity index is 1.80. The highest BCUT2D eigenvalue weighted by atomic mass is 16.5. The van der Waals surface area contributed by atoms with E-state index in [2.05, 4.69) is 10.6 Å². The zero-order valence-corrected chi connectivity index (χ0v) is 16.0. The largest absolute Gasteiger partial charge is 0.463 e. The maximum Gasteiger partial charge on any atom is 0.338 e. The van der Waals surface area contributed by atoms with Crippen molar-refractivity contribution < 1.29 is 23.9 Å². The normalized spacial score (nSPS) is 19.8. The molecule has 3 rings (SSSR count). The van der Waals surface area contributed by atoms with Gasteiger partial charge < -0.3 is 20.1 Å². The van der Waals surface area contributed by atoms with Gasteiger partial charge in [-0.1, -0.05) is 43.2 Å². The van der Waals surface area contributed by atoms with Crippen LogP contribution in [-0.2, 0) is 19.1 Å². The average molecular weight is 386 g/mol. The third-order valence-corrected chi connectivity index (χ3v) is 5.09. The van der Waals surface area contributed by atoms with Crippen LogP contribution in [0.5, 0.6) is 0 Å². The lowest BCUT2D eigenvalue weighted by atomic mass is 9.95. The van der Waals surface area contributed by atoms with Crippen LogP contribution < -0.4 is 10.6 Å². The van der Waals surface area contributed by atoms with E-state index in [1.807, 2.05) is 30.3 Å². The Morgan fingerprint density at radius 3 is 2.50 bits per heavy atom. The van der Waals surface area contributed by atoms with Crippen molar-refractivity contribution in [3.63, 3.8) is 0 Å². The van der Waals surface area contributed by atoms with Gasteiger partial charge >= 0.3 is 18.0 Å². The zero-order chi connectivity index (χ0) is 19.9. The second kappa shape index (κ2) is 9.39. The molecular weight excluding hydrogens is 360 g/mol. The highest BCUT2D eigenvalue weighted by Crippen LogP contribution is 2.29. The molecule has 1 atom stereocenters. The lowest BCUT2D eigenvalue weighted by Crippen LogP contribution is -2.47. The van der Waals surface area contributed by atoms with Crippen LogP contribution in [0.1, 0.15) is 50.6 Å². The molecule has 1 heterocycles. The van der Waals surface area contributed by atoms with Gasteiger partial charge in [0.1, 0.15) is 6.61 Å². The summed E-state index contributed by atoms with van der Waals surface area (Å²) >= 11 is 0.